The highest BCUT2D eigenvalue weighted by molar-refractivity contribution is 9.10. The van der Waals surface area contributed by atoms with Gasteiger partial charge in [-0.1, -0.05) is 32.5 Å². The third-order valence-corrected chi connectivity index (χ3v) is 5.20. The van der Waals surface area contributed by atoms with Crippen molar-refractivity contribution >= 4 is 32.0 Å². The van der Waals surface area contributed by atoms with E-state index in [1.807, 2.05) is 0 Å². The van der Waals surface area contributed by atoms with Crippen LogP contribution in [0.2, 0.25) is 0 Å². The molecule has 1 heterocycles. The molecule has 0 unspecified atom stereocenters. The largest absolute Gasteiger partial charge is 0.453 e. The summed E-state index contributed by atoms with van der Waals surface area (Å²) in [6.07, 6.45) is -0.224. The SMILES string of the molecule is COC1=NS(=O)(=O)[C@H](c2ccc(Br)cc2)C(C)(C)O1. The van der Waals surface area contributed by atoms with Gasteiger partial charge in [-0.25, -0.2) is 8.42 Å². The quantitative estimate of drug-likeness (QED) is 0.783. The minimum Gasteiger partial charge on any atom is -0.453 e. The van der Waals surface area contributed by atoms with Crippen molar-refractivity contribution in [2.24, 2.45) is 4.40 Å². The van der Waals surface area contributed by atoms with Gasteiger partial charge in [0, 0.05) is 4.47 Å². The highest BCUT2D eigenvalue weighted by Gasteiger charge is 2.47. The Balaban J connectivity index is 2.55. The van der Waals surface area contributed by atoms with Gasteiger partial charge < -0.3 is 9.47 Å². The lowest BCUT2D eigenvalue weighted by molar-refractivity contribution is 0.0442. The third kappa shape index (κ3) is 2.76. The molecule has 0 amide bonds. The summed E-state index contributed by atoms with van der Waals surface area (Å²) in [7, 11) is -2.41. The fourth-order valence-corrected chi connectivity index (χ4v) is 4.06. The predicted molar refractivity (Wildman–Crippen MR) is 75.4 cm³/mol. The van der Waals surface area contributed by atoms with Crippen LogP contribution in [0.25, 0.3) is 0 Å². The van der Waals surface area contributed by atoms with Gasteiger partial charge in [0.05, 0.1) is 7.11 Å². The molecule has 1 aromatic rings. The van der Waals surface area contributed by atoms with E-state index in [0.29, 0.717) is 5.56 Å². The standard InChI is InChI=1S/C12H14BrNO4S/c1-12(2)10(8-4-6-9(13)7-5-8)19(15,16)14-11(17-3)18-12/h4-7,10H,1-3H3/t10-/m1/s1. The van der Waals surface area contributed by atoms with Crippen molar-refractivity contribution in [2.45, 2.75) is 24.7 Å². The van der Waals surface area contributed by atoms with Gasteiger partial charge >= 0.3 is 6.08 Å². The number of benzene rings is 1. The topological polar surface area (TPSA) is 65.0 Å². The van der Waals surface area contributed by atoms with Crippen LogP contribution in [0.4, 0.5) is 0 Å². The zero-order valence-corrected chi connectivity index (χ0v) is 13.2. The number of halogens is 1. The molecule has 1 aromatic carbocycles. The Hall–Kier alpha value is -1.08. The van der Waals surface area contributed by atoms with Crippen LogP contribution in [0.3, 0.4) is 0 Å². The highest BCUT2D eigenvalue weighted by atomic mass is 79.9. The smallest absolute Gasteiger partial charge is 0.399 e. The molecule has 19 heavy (non-hydrogen) atoms. The Morgan fingerprint density at radius 3 is 2.37 bits per heavy atom. The van der Waals surface area contributed by atoms with Gasteiger partial charge in [0.1, 0.15) is 10.9 Å². The van der Waals surface area contributed by atoms with Crippen molar-refractivity contribution in [2.75, 3.05) is 7.11 Å². The molecular formula is C12H14BrNO4S. The first-order chi connectivity index (χ1) is 8.76. The Kier molecular flexibility index (Phi) is 3.61. The van der Waals surface area contributed by atoms with Crippen LogP contribution in [0.1, 0.15) is 24.7 Å². The predicted octanol–water partition coefficient (Wildman–Crippen LogP) is 2.63. The Morgan fingerprint density at radius 2 is 1.89 bits per heavy atom. The fourth-order valence-electron chi connectivity index (χ4n) is 2.10. The summed E-state index contributed by atoms with van der Waals surface area (Å²) < 4.78 is 39.3. The third-order valence-electron chi connectivity index (χ3n) is 2.83. The average molecular weight is 348 g/mol. The van der Waals surface area contributed by atoms with Crippen molar-refractivity contribution in [3.05, 3.63) is 34.3 Å². The molecule has 0 aliphatic carbocycles. The van der Waals surface area contributed by atoms with Crippen molar-refractivity contribution in [1.29, 1.82) is 0 Å². The summed E-state index contributed by atoms with van der Waals surface area (Å²) in [6, 6.07) is 7.06. The van der Waals surface area contributed by atoms with Crippen LogP contribution in [-0.2, 0) is 19.5 Å². The van der Waals surface area contributed by atoms with Crippen LogP contribution in [0, 0.1) is 0 Å². The Labute approximate surface area is 120 Å². The molecule has 0 bridgehead atoms. The van der Waals surface area contributed by atoms with Crippen molar-refractivity contribution < 1.29 is 17.9 Å². The minimum absolute atomic E-state index is 0.224. The molecule has 0 fully saturated rings. The molecule has 1 aliphatic heterocycles. The molecule has 104 valence electrons. The fraction of sp³-hybridized carbons (Fsp3) is 0.417. The first-order valence-electron chi connectivity index (χ1n) is 5.58. The molecule has 5 nitrogen and oxygen atoms in total. The molecule has 0 N–H and O–H groups in total. The molecule has 0 saturated heterocycles. The summed E-state index contributed by atoms with van der Waals surface area (Å²) >= 11 is 3.32. The number of ether oxygens (including phenoxy) is 2. The number of hydrogen-bond donors (Lipinski definition) is 0. The number of sulfonamides is 1. The molecular weight excluding hydrogens is 334 g/mol. The van der Waals surface area contributed by atoms with E-state index >= 15 is 0 Å². The maximum atomic E-state index is 12.3. The van der Waals surface area contributed by atoms with Crippen LogP contribution in [0.5, 0.6) is 0 Å². The minimum atomic E-state index is -3.74. The molecule has 2 rings (SSSR count). The summed E-state index contributed by atoms with van der Waals surface area (Å²) in [4.78, 5) is 0. The van der Waals surface area contributed by atoms with Gasteiger partial charge in [0.25, 0.3) is 10.0 Å². The summed E-state index contributed by atoms with van der Waals surface area (Å²) in [6.45, 7) is 3.40. The molecule has 0 spiro atoms. The van der Waals surface area contributed by atoms with Crippen molar-refractivity contribution in [3.8, 4) is 0 Å². The number of methoxy groups -OCH3 is 1. The Morgan fingerprint density at radius 1 is 1.32 bits per heavy atom. The number of hydrogen-bond acceptors (Lipinski definition) is 4. The first-order valence-corrected chi connectivity index (χ1v) is 7.88. The van der Waals surface area contributed by atoms with Crippen LogP contribution in [-0.4, -0.2) is 27.2 Å². The number of nitrogens with zero attached hydrogens (tertiary/aromatic N) is 1. The van der Waals surface area contributed by atoms with Crippen LogP contribution >= 0.6 is 15.9 Å². The molecule has 0 radical (unpaired) electrons. The normalized spacial score (nSPS) is 24.2. The summed E-state index contributed by atoms with van der Waals surface area (Å²) in [5.41, 5.74) is -0.327. The molecule has 1 aliphatic rings. The van der Waals surface area contributed by atoms with E-state index < -0.39 is 20.9 Å². The zero-order valence-electron chi connectivity index (χ0n) is 10.8. The summed E-state index contributed by atoms with van der Waals surface area (Å²) in [5.74, 6) is 0. The van der Waals surface area contributed by atoms with Gasteiger partial charge in [-0.2, -0.15) is 0 Å². The number of rotatable bonds is 1. The van der Waals surface area contributed by atoms with Crippen LogP contribution < -0.4 is 0 Å². The second-order valence-corrected chi connectivity index (χ2v) is 7.31. The van der Waals surface area contributed by atoms with E-state index in [4.69, 9.17) is 9.47 Å². The monoisotopic (exact) mass is 347 g/mol. The molecule has 0 saturated carbocycles. The molecule has 1 atom stereocenters. The lowest BCUT2D eigenvalue weighted by Crippen LogP contribution is -2.43. The van der Waals surface area contributed by atoms with Gasteiger partial charge in [0.15, 0.2) is 0 Å². The second kappa shape index (κ2) is 4.79. The second-order valence-electron chi connectivity index (χ2n) is 4.71. The van der Waals surface area contributed by atoms with Crippen molar-refractivity contribution in [3.63, 3.8) is 0 Å². The first kappa shape index (κ1) is 14.3. The lowest BCUT2D eigenvalue weighted by Gasteiger charge is -2.36. The highest BCUT2D eigenvalue weighted by Crippen LogP contribution is 2.40. The van der Waals surface area contributed by atoms with E-state index in [9.17, 15) is 8.42 Å². The average Bonchev–Trinajstić information content (AvgIpc) is 2.28. The van der Waals surface area contributed by atoms with E-state index in [0.717, 1.165) is 4.47 Å². The van der Waals surface area contributed by atoms with Gasteiger partial charge in [-0.15, -0.1) is 0 Å². The maximum Gasteiger partial charge on any atom is 0.399 e. The molecule has 7 heteroatoms. The van der Waals surface area contributed by atoms with E-state index in [2.05, 4.69) is 20.3 Å². The van der Waals surface area contributed by atoms with Crippen molar-refractivity contribution in [1.82, 2.24) is 0 Å². The van der Waals surface area contributed by atoms with Crippen LogP contribution in [0.15, 0.2) is 33.1 Å². The summed E-state index contributed by atoms with van der Waals surface area (Å²) in [5, 5.41) is -0.869. The zero-order chi connectivity index (χ0) is 14.3. The van der Waals surface area contributed by atoms with E-state index in [1.54, 1.807) is 38.1 Å². The Bertz CT molecular complexity index is 607. The van der Waals surface area contributed by atoms with Gasteiger partial charge in [-0.3, -0.25) is 0 Å². The van der Waals surface area contributed by atoms with E-state index in [-0.39, 0.29) is 6.08 Å². The van der Waals surface area contributed by atoms with E-state index in [1.165, 1.54) is 7.11 Å². The van der Waals surface area contributed by atoms with Gasteiger partial charge in [0.2, 0.25) is 0 Å². The lowest BCUT2D eigenvalue weighted by atomic mass is 9.97. The van der Waals surface area contributed by atoms with Gasteiger partial charge in [-0.05, 0) is 31.5 Å². The maximum absolute atomic E-state index is 12.3. The molecule has 0 aromatic heterocycles.